The highest BCUT2D eigenvalue weighted by atomic mass is 79.9. The van der Waals surface area contributed by atoms with Crippen LogP contribution in [0, 0.1) is 13.8 Å². The Balaban J connectivity index is 1.28. The van der Waals surface area contributed by atoms with Crippen LogP contribution < -0.4 is 5.32 Å². The van der Waals surface area contributed by atoms with Gasteiger partial charge in [-0.2, -0.15) is 0 Å². The summed E-state index contributed by atoms with van der Waals surface area (Å²) in [4.78, 5) is 17.6. The molecule has 0 radical (unpaired) electrons. The van der Waals surface area contributed by atoms with E-state index in [0.717, 1.165) is 45.0 Å². The van der Waals surface area contributed by atoms with Gasteiger partial charge in [-0.15, -0.1) is 0 Å². The molecule has 31 heavy (non-hydrogen) atoms. The third kappa shape index (κ3) is 5.45. The lowest BCUT2D eigenvalue weighted by Gasteiger charge is -2.34. The van der Waals surface area contributed by atoms with Gasteiger partial charge in [-0.3, -0.25) is 14.6 Å². The fraction of sp³-hybridized carbons (Fsp3) is 0.320. The molecule has 0 atom stereocenters. The molecule has 4 rings (SSSR count). The number of carbonyl (C=O) groups is 1. The van der Waals surface area contributed by atoms with E-state index in [9.17, 15) is 4.79 Å². The molecule has 1 aliphatic heterocycles. The lowest BCUT2D eigenvalue weighted by Crippen LogP contribution is -2.45. The van der Waals surface area contributed by atoms with Gasteiger partial charge in [0, 0.05) is 45.0 Å². The van der Waals surface area contributed by atoms with Crippen molar-refractivity contribution in [3.8, 4) is 0 Å². The number of rotatable bonds is 6. The van der Waals surface area contributed by atoms with Crippen LogP contribution in [-0.2, 0) is 13.1 Å². The van der Waals surface area contributed by atoms with E-state index in [1.165, 1.54) is 11.1 Å². The van der Waals surface area contributed by atoms with Crippen molar-refractivity contribution in [2.45, 2.75) is 26.9 Å². The summed E-state index contributed by atoms with van der Waals surface area (Å²) in [6, 6.07) is 18.8. The van der Waals surface area contributed by atoms with Crippen molar-refractivity contribution in [3.63, 3.8) is 0 Å². The predicted molar refractivity (Wildman–Crippen MR) is 127 cm³/mol. The molecule has 6 heteroatoms. The third-order valence-corrected chi connectivity index (χ3v) is 6.70. The number of hydrogen-bond acceptors (Lipinski definition) is 4. The highest BCUT2D eigenvalue weighted by molar-refractivity contribution is 9.10. The summed E-state index contributed by atoms with van der Waals surface area (Å²) in [6.07, 6.45) is 0. The molecule has 162 valence electrons. The molecule has 2 heterocycles. The number of anilines is 1. The Morgan fingerprint density at radius 2 is 1.42 bits per heavy atom. The number of amides is 1. The van der Waals surface area contributed by atoms with Crippen LogP contribution in [0.25, 0.3) is 0 Å². The first-order valence-electron chi connectivity index (χ1n) is 10.6. The Bertz CT molecular complexity index is 1020. The van der Waals surface area contributed by atoms with Gasteiger partial charge in [0.2, 0.25) is 0 Å². The van der Waals surface area contributed by atoms with Gasteiger partial charge >= 0.3 is 0 Å². The Hall–Kier alpha value is -2.41. The number of nitrogens with zero attached hydrogens (tertiary/aromatic N) is 2. The van der Waals surface area contributed by atoms with E-state index < -0.39 is 0 Å². The van der Waals surface area contributed by atoms with Crippen molar-refractivity contribution in [2.75, 3.05) is 31.5 Å². The Morgan fingerprint density at radius 3 is 1.94 bits per heavy atom. The Labute approximate surface area is 192 Å². The van der Waals surface area contributed by atoms with Gasteiger partial charge < -0.3 is 9.73 Å². The van der Waals surface area contributed by atoms with Crippen LogP contribution in [0.2, 0.25) is 0 Å². The third-order valence-electron chi connectivity index (χ3n) is 5.75. The number of nitrogens with one attached hydrogen (secondary N) is 1. The van der Waals surface area contributed by atoms with Gasteiger partial charge in [-0.1, -0.05) is 42.5 Å². The largest absolute Gasteiger partial charge is 0.465 e. The molecule has 0 aliphatic carbocycles. The Kier molecular flexibility index (Phi) is 6.90. The van der Waals surface area contributed by atoms with E-state index >= 15 is 0 Å². The lowest BCUT2D eigenvalue weighted by atomic mass is 10.1. The fourth-order valence-electron chi connectivity index (χ4n) is 4.01. The smallest absolute Gasteiger partial charge is 0.260 e. The molecule has 1 aliphatic rings. The molecular formula is C25H28BrN3O2. The number of furan rings is 1. The van der Waals surface area contributed by atoms with E-state index in [1.807, 2.05) is 19.1 Å². The average molecular weight is 482 g/mol. The minimum Gasteiger partial charge on any atom is -0.465 e. The van der Waals surface area contributed by atoms with Crippen molar-refractivity contribution in [2.24, 2.45) is 0 Å². The second kappa shape index (κ2) is 9.81. The van der Waals surface area contributed by atoms with Gasteiger partial charge in [-0.05, 0) is 53.0 Å². The number of benzene rings is 2. The molecule has 1 saturated heterocycles. The van der Waals surface area contributed by atoms with Gasteiger partial charge in [0.15, 0.2) is 0 Å². The molecule has 1 fully saturated rings. The summed E-state index contributed by atoms with van der Waals surface area (Å²) in [7, 11) is 0. The van der Waals surface area contributed by atoms with Crippen molar-refractivity contribution in [3.05, 3.63) is 87.3 Å². The predicted octanol–water partition coefficient (Wildman–Crippen LogP) is 5.23. The first kappa shape index (κ1) is 21.8. The van der Waals surface area contributed by atoms with Crippen LogP contribution in [-0.4, -0.2) is 41.9 Å². The molecule has 0 spiro atoms. The van der Waals surface area contributed by atoms with Crippen LogP contribution in [0.4, 0.5) is 5.69 Å². The number of aryl methyl sites for hydroxylation is 2. The van der Waals surface area contributed by atoms with E-state index in [1.54, 1.807) is 6.92 Å². The SMILES string of the molecule is Cc1oc(C)c(C(=O)Nc2ccc(CN3CCN(Cc4ccccc4)CC3)cc2)c1Br. The van der Waals surface area contributed by atoms with Gasteiger partial charge in [0.05, 0.1) is 10.0 Å². The zero-order chi connectivity index (χ0) is 21.8. The zero-order valence-electron chi connectivity index (χ0n) is 18.0. The molecule has 1 N–H and O–H groups in total. The fourth-order valence-corrected chi connectivity index (χ4v) is 4.55. The summed E-state index contributed by atoms with van der Waals surface area (Å²) >= 11 is 3.44. The number of halogens is 1. The molecule has 1 amide bonds. The van der Waals surface area contributed by atoms with Crippen molar-refractivity contribution in [1.82, 2.24) is 9.80 Å². The maximum atomic E-state index is 12.6. The molecule has 2 aromatic carbocycles. The quantitative estimate of drug-likeness (QED) is 0.523. The summed E-state index contributed by atoms with van der Waals surface area (Å²) < 4.78 is 6.25. The minimum absolute atomic E-state index is 0.163. The molecule has 5 nitrogen and oxygen atoms in total. The molecule has 0 bridgehead atoms. The Morgan fingerprint density at radius 1 is 0.871 bits per heavy atom. The standard InChI is InChI=1S/C25H28BrN3O2/c1-18-23(24(26)19(2)31-18)25(30)27-22-10-8-21(9-11-22)17-29-14-12-28(13-15-29)16-20-6-4-3-5-7-20/h3-11H,12-17H2,1-2H3,(H,27,30). The second-order valence-corrected chi connectivity index (χ2v) is 8.89. The monoisotopic (exact) mass is 481 g/mol. The molecule has 1 aromatic heterocycles. The lowest BCUT2D eigenvalue weighted by molar-refractivity contribution is 0.102. The van der Waals surface area contributed by atoms with Crippen molar-refractivity contribution in [1.29, 1.82) is 0 Å². The minimum atomic E-state index is -0.163. The molecule has 0 unspecified atom stereocenters. The maximum absolute atomic E-state index is 12.6. The topological polar surface area (TPSA) is 48.7 Å². The highest BCUT2D eigenvalue weighted by Crippen LogP contribution is 2.28. The van der Waals surface area contributed by atoms with E-state index in [0.29, 0.717) is 21.6 Å². The van der Waals surface area contributed by atoms with Gasteiger partial charge in [0.25, 0.3) is 5.91 Å². The maximum Gasteiger partial charge on any atom is 0.260 e. The van der Waals surface area contributed by atoms with Gasteiger partial charge in [0.1, 0.15) is 11.5 Å². The van der Waals surface area contributed by atoms with Crippen LogP contribution >= 0.6 is 15.9 Å². The van der Waals surface area contributed by atoms with Crippen LogP contribution in [0.5, 0.6) is 0 Å². The van der Waals surface area contributed by atoms with Crippen LogP contribution in [0.15, 0.2) is 63.5 Å². The van der Waals surface area contributed by atoms with Crippen molar-refractivity contribution < 1.29 is 9.21 Å². The van der Waals surface area contributed by atoms with E-state index in [-0.39, 0.29) is 5.91 Å². The summed E-state index contributed by atoms with van der Waals surface area (Å²) in [5.41, 5.74) is 3.97. The second-order valence-electron chi connectivity index (χ2n) is 8.09. The zero-order valence-corrected chi connectivity index (χ0v) is 19.6. The summed E-state index contributed by atoms with van der Waals surface area (Å²) in [6.45, 7) is 9.90. The van der Waals surface area contributed by atoms with Crippen molar-refractivity contribution >= 4 is 27.5 Å². The molecular weight excluding hydrogens is 454 g/mol. The van der Waals surface area contributed by atoms with E-state index in [4.69, 9.17) is 4.42 Å². The molecule has 0 saturated carbocycles. The number of piperazine rings is 1. The molecule has 3 aromatic rings. The number of hydrogen-bond donors (Lipinski definition) is 1. The normalized spacial score (nSPS) is 15.2. The average Bonchev–Trinajstić information content (AvgIpc) is 3.03. The summed E-state index contributed by atoms with van der Waals surface area (Å²) in [5.74, 6) is 1.16. The van der Waals surface area contributed by atoms with Crippen LogP contribution in [0.1, 0.15) is 33.0 Å². The van der Waals surface area contributed by atoms with Gasteiger partial charge in [-0.25, -0.2) is 0 Å². The summed E-state index contributed by atoms with van der Waals surface area (Å²) in [5, 5.41) is 2.96. The van der Waals surface area contributed by atoms with Crippen LogP contribution in [0.3, 0.4) is 0 Å². The first-order chi connectivity index (χ1) is 15.0. The first-order valence-corrected chi connectivity index (χ1v) is 11.4. The number of carbonyl (C=O) groups excluding carboxylic acids is 1. The van der Waals surface area contributed by atoms with E-state index in [2.05, 4.69) is 73.5 Å². The highest BCUT2D eigenvalue weighted by Gasteiger charge is 2.20.